The van der Waals surface area contributed by atoms with Crippen molar-refractivity contribution < 1.29 is 14.3 Å². The van der Waals surface area contributed by atoms with Crippen LogP contribution in [0.2, 0.25) is 0 Å². The average molecular weight is 251 g/mol. The highest BCUT2D eigenvalue weighted by atomic mass is 16.6. The maximum atomic E-state index is 11.3. The quantitative estimate of drug-likeness (QED) is 0.815. The van der Waals surface area contributed by atoms with Crippen LogP contribution in [0, 0.1) is 6.92 Å². The molecule has 0 saturated carbocycles. The number of ether oxygens (including phenoxy) is 2. The molecule has 0 spiro atoms. The monoisotopic (exact) mass is 251 g/mol. The average Bonchev–Trinajstić information content (AvgIpc) is 2.38. The van der Waals surface area contributed by atoms with Gasteiger partial charge in [0.05, 0.1) is 7.11 Å². The van der Waals surface area contributed by atoms with Crippen LogP contribution in [0.1, 0.15) is 31.0 Å². The zero-order chi connectivity index (χ0) is 13.7. The molecular formula is C14H21NO3. The number of benzene rings is 1. The number of aryl methyl sites for hydroxylation is 1. The highest BCUT2D eigenvalue weighted by Crippen LogP contribution is 2.23. The summed E-state index contributed by atoms with van der Waals surface area (Å²) >= 11 is 0. The molecule has 4 heteroatoms. The largest absolute Gasteiger partial charge is 0.479 e. The van der Waals surface area contributed by atoms with Gasteiger partial charge in [-0.3, -0.25) is 0 Å². The van der Waals surface area contributed by atoms with Crippen molar-refractivity contribution in [2.24, 2.45) is 0 Å². The van der Waals surface area contributed by atoms with Crippen molar-refractivity contribution in [3.63, 3.8) is 0 Å². The van der Waals surface area contributed by atoms with E-state index in [0.29, 0.717) is 5.75 Å². The summed E-state index contributed by atoms with van der Waals surface area (Å²) in [5.74, 6) is 0.335. The fourth-order valence-corrected chi connectivity index (χ4v) is 1.65. The van der Waals surface area contributed by atoms with Crippen LogP contribution in [-0.4, -0.2) is 26.2 Å². The van der Waals surface area contributed by atoms with Gasteiger partial charge in [0, 0.05) is 6.04 Å². The second kappa shape index (κ2) is 6.40. The standard InChI is InChI=1S/C14H21NO3/c1-9-8-12(10(2)15-4)6-7-13(9)18-11(3)14(16)17-5/h6-8,10-11,15H,1-5H3. The van der Waals surface area contributed by atoms with Crippen molar-refractivity contribution >= 4 is 5.97 Å². The predicted octanol–water partition coefficient (Wildman–Crippen LogP) is 2.22. The number of hydrogen-bond acceptors (Lipinski definition) is 4. The van der Waals surface area contributed by atoms with E-state index >= 15 is 0 Å². The molecule has 0 heterocycles. The van der Waals surface area contributed by atoms with Gasteiger partial charge in [0.2, 0.25) is 0 Å². The molecule has 1 aromatic carbocycles. The van der Waals surface area contributed by atoms with Crippen molar-refractivity contribution in [3.05, 3.63) is 29.3 Å². The van der Waals surface area contributed by atoms with Gasteiger partial charge >= 0.3 is 5.97 Å². The molecule has 0 saturated heterocycles. The van der Waals surface area contributed by atoms with E-state index in [1.54, 1.807) is 6.92 Å². The molecule has 100 valence electrons. The fourth-order valence-electron chi connectivity index (χ4n) is 1.65. The van der Waals surface area contributed by atoms with Gasteiger partial charge < -0.3 is 14.8 Å². The van der Waals surface area contributed by atoms with Crippen molar-refractivity contribution in [1.29, 1.82) is 0 Å². The number of carbonyl (C=O) groups excluding carboxylic acids is 1. The maximum Gasteiger partial charge on any atom is 0.346 e. The van der Waals surface area contributed by atoms with Gasteiger partial charge in [0.1, 0.15) is 5.75 Å². The number of hydrogen-bond donors (Lipinski definition) is 1. The number of nitrogens with one attached hydrogen (secondary N) is 1. The van der Waals surface area contributed by atoms with E-state index < -0.39 is 6.10 Å². The van der Waals surface area contributed by atoms with E-state index in [4.69, 9.17) is 4.74 Å². The summed E-state index contributed by atoms with van der Waals surface area (Å²) in [6.45, 7) is 5.73. The smallest absolute Gasteiger partial charge is 0.346 e. The molecule has 18 heavy (non-hydrogen) atoms. The molecule has 0 aliphatic rings. The number of carbonyl (C=O) groups is 1. The van der Waals surface area contributed by atoms with E-state index in [1.165, 1.54) is 12.7 Å². The van der Waals surface area contributed by atoms with Gasteiger partial charge in [-0.25, -0.2) is 4.79 Å². The molecule has 2 atom stereocenters. The van der Waals surface area contributed by atoms with Crippen LogP contribution >= 0.6 is 0 Å². The minimum Gasteiger partial charge on any atom is -0.479 e. The van der Waals surface area contributed by atoms with Crippen LogP contribution < -0.4 is 10.1 Å². The molecule has 0 radical (unpaired) electrons. The van der Waals surface area contributed by atoms with Crippen LogP contribution in [-0.2, 0) is 9.53 Å². The molecule has 1 N–H and O–H groups in total. The maximum absolute atomic E-state index is 11.3. The second-order valence-electron chi connectivity index (χ2n) is 4.32. The first kappa shape index (κ1) is 14.5. The Hall–Kier alpha value is -1.55. The van der Waals surface area contributed by atoms with Crippen LogP contribution in [0.25, 0.3) is 0 Å². The number of rotatable bonds is 5. The zero-order valence-electron chi connectivity index (χ0n) is 11.6. The summed E-state index contributed by atoms with van der Waals surface area (Å²) in [6.07, 6.45) is -0.596. The van der Waals surface area contributed by atoms with Crippen molar-refractivity contribution in [2.75, 3.05) is 14.2 Å². The van der Waals surface area contributed by atoms with Gasteiger partial charge in [0.25, 0.3) is 0 Å². The lowest BCUT2D eigenvalue weighted by molar-refractivity contribution is -0.147. The Morgan fingerprint density at radius 2 is 2.00 bits per heavy atom. The topological polar surface area (TPSA) is 47.6 Å². The lowest BCUT2D eigenvalue weighted by Gasteiger charge is -2.17. The van der Waals surface area contributed by atoms with Crippen LogP contribution in [0.3, 0.4) is 0 Å². The summed E-state index contributed by atoms with van der Waals surface area (Å²) in [5.41, 5.74) is 2.19. The lowest BCUT2D eigenvalue weighted by Crippen LogP contribution is -2.25. The van der Waals surface area contributed by atoms with Gasteiger partial charge in [-0.15, -0.1) is 0 Å². The molecule has 0 aromatic heterocycles. The van der Waals surface area contributed by atoms with Crippen LogP contribution in [0.4, 0.5) is 0 Å². The SMILES string of the molecule is CNC(C)c1ccc(OC(C)C(=O)OC)c(C)c1. The molecule has 0 aliphatic heterocycles. The minimum absolute atomic E-state index is 0.288. The molecule has 0 bridgehead atoms. The second-order valence-corrected chi connectivity index (χ2v) is 4.32. The van der Waals surface area contributed by atoms with E-state index in [-0.39, 0.29) is 12.0 Å². The Morgan fingerprint density at radius 1 is 1.33 bits per heavy atom. The lowest BCUT2D eigenvalue weighted by atomic mass is 10.1. The van der Waals surface area contributed by atoms with Gasteiger partial charge in [-0.05, 0) is 45.0 Å². The normalized spacial score (nSPS) is 13.8. The molecule has 0 aliphatic carbocycles. The van der Waals surface area contributed by atoms with Crippen molar-refractivity contribution in [2.45, 2.75) is 32.9 Å². The molecular weight excluding hydrogens is 230 g/mol. The Kier molecular flexibility index (Phi) is 5.16. The van der Waals surface area contributed by atoms with E-state index in [1.807, 2.05) is 26.1 Å². The third kappa shape index (κ3) is 3.47. The first-order valence-corrected chi connectivity index (χ1v) is 6.02. The number of methoxy groups -OCH3 is 1. The molecule has 0 amide bonds. The van der Waals surface area contributed by atoms with E-state index in [9.17, 15) is 4.79 Å². The van der Waals surface area contributed by atoms with Crippen LogP contribution in [0.5, 0.6) is 5.75 Å². The third-order valence-electron chi connectivity index (χ3n) is 2.97. The Morgan fingerprint density at radius 3 is 2.50 bits per heavy atom. The third-order valence-corrected chi connectivity index (χ3v) is 2.97. The van der Waals surface area contributed by atoms with Gasteiger partial charge in [-0.1, -0.05) is 12.1 Å². The molecule has 1 rings (SSSR count). The van der Waals surface area contributed by atoms with E-state index in [0.717, 1.165) is 5.56 Å². The van der Waals surface area contributed by atoms with Gasteiger partial charge in [-0.2, -0.15) is 0 Å². The zero-order valence-corrected chi connectivity index (χ0v) is 11.6. The predicted molar refractivity (Wildman–Crippen MR) is 70.8 cm³/mol. The summed E-state index contributed by atoms with van der Waals surface area (Å²) in [5, 5.41) is 3.18. The first-order chi connectivity index (χ1) is 8.49. The van der Waals surface area contributed by atoms with E-state index in [2.05, 4.69) is 23.0 Å². The minimum atomic E-state index is -0.596. The highest BCUT2D eigenvalue weighted by Gasteiger charge is 2.16. The van der Waals surface area contributed by atoms with Gasteiger partial charge in [0.15, 0.2) is 6.10 Å². The summed E-state index contributed by atoms with van der Waals surface area (Å²) < 4.78 is 10.2. The fraction of sp³-hybridized carbons (Fsp3) is 0.500. The number of esters is 1. The van der Waals surface area contributed by atoms with Crippen molar-refractivity contribution in [3.8, 4) is 5.75 Å². The molecule has 1 aromatic rings. The Bertz CT molecular complexity index is 418. The molecule has 2 unspecified atom stereocenters. The Balaban J connectivity index is 2.83. The first-order valence-electron chi connectivity index (χ1n) is 6.02. The molecule has 0 fully saturated rings. The summed E-state index contributed by atoms with van der Waals surface area (Å²) in [6, 6.07) is 6.22. The summed E-state index contributed by atoms with van der Waals surface area (Å²) in [4.78, 5) is 11.3. The van der Waals surface area contributed by atoms with Crippen molar-refractivity contribution in [1.82, 2.24) is 5.32 Å². The van der Waals surface area contributed by atoms with Crippen LogP contribution in [0.15, 0.2) is 18.2 Å². The summed E-state index contributed by atoms with van der Waals surface area (Å²) in [7, 11) is 3.27. The highest BCUT2D eigenvalue weighted by molar-refractivity contribution is 5.74. The molecule has 4 nitrogen and oxygen atoms in total. The Labute approximate surface area is 108 Å².